The molecule has 9 nitrogen and oxygen atoms in total. The molecule has 4 rings (SSSR count). The standard InChI is InChI=1S/C28H33N5O4/c1-4-25-32-24(15-26(34)33(25)5-2)27(35)30-18-22-14-21-13-20(17-29-16-19-7-6-8-19)9-10-23(21)28(31-22)37-12-11-36-3/h4-5,9-10,13-15,19,29H,1-2,6-8,11-12,16-18H2,3H3,(H,30,35). The molecule has 3 aromatic rings. The van der Waals surface area contributed by atoms with E-state index >= 15 is 0 Å². The van der Waals surface area contributed by atoms with Crippen LogP contribution in [-0.2, 0) is 17.8 Å². The average molecular weight is 504 g/mol. The zero-order chi connectivity index (χ0) is 26.2. The molecule has 0 atom stereocenters. The summed E-state index contributed by atoms with van der Waals surface area (Å²) < 4.78 is 12.2. The summed E-state index contributed by atoms with van der Waals surface area (Å²) in [5.41, 5.74) is 1.37. The van der Waals surface area contributed by atoms with Crippen LogP contribution in [0.3, 0.4) is 0 Å². The lowest BCUT2D eigenvalue weighted by Crippen LogP contribution is -2.28. The number of benzene rings is 1. The Bertz CT molecular complexity index is 1350. The van der Waals surface area contributed by atoms with Crippen molar-refractivity contribution in [3.05, 3.63) is 76.6 Å². The number of methoxy groups -OCH3 is 1. The fourth-order valence-electron chi connectivity index (χ4n) is 4.19. The van der Waals surface area contributed by atoms with Crippen LogP contribution in [0.15, 0.2) is 48.3 Å². The van der Waals surface area contributed by atoms with E-state index in [1.807, 2.05) is 12.1 Å². The molecular formula is C28H33N5O4. The number of nitrogens with zero attached hydrogens (tertiary/aromatic N) is 3. The number of ether oxygens (including phenoxy) is 2. The third-order valence-electron chi connectivity index (χ3n) is 6.43. The van der Waals surface area contributed by atoms with Crippen molar-refractivity contribution in [2.24, 2.45) is 5.92 Å². The Morgan fingerprint density at radius 1 is 1.16 bits per heavy atom. The average Bonchev–Trinajstić information content (AvgIpc) is 2.88. The van der Waals surface area contributed by atoms with Gasteiger partial charge in [-0.25, -0.2) is 9.97 Å². The Balaban J connectivity index is 1.53. The minimum absolute atomic E-state index is 0.00446. The summed E-state index contributed by atoms with van der Waals surface area (Å²) in [6.07, 6.45) is 6.68. The fraction of sp³-hybridized carbons (Fsp3) is 0.357. The summed E-state index contributed by atoms with van der Waals surface area (Å²) in [6.45, 7) is 9.98. The molecule has 1 fully saturated rings. The van der Waals surface area contributed by atoms with E-state index in [1.54, 1.807) is 7.11 Å². The number of nitrogens with one attached hydrogen (secondary N) is 2. The first kappa shape index (κ1) is 26.2. The first-order chi connectivity index (χ1) is 18.0. The number of hydrogen-bond acceptors (Lipinski definition) is 7. The highest BCUT2D eigenvalue weighted by Gasteiger charge is 2.17. The molecule has 0 bridgehead atoms. The Hall–Kier alpha value is -3.82. The largest absolute Gasteiger partial charge is 0.475 e. The van der Waals surface area contributed by atoms with Crippen LogP contribution in [0.1, 0.15) is 46.8 Å². The molecule has 0 aliphatic heterocycles. The van der Waals surface area contributed by atoms with Gasteiger partial charge in [0.05, 0.1) is 18.8 Å². The smallest absolute Gasteiger partial charge is 0.270 e. The fourth-order valence-corrected chi connectivity index (χ4v) is 4.19. The number of hydrogen-bond donors (Lipinski definition) is 2. The summed E-state index contributed by atoms with van der Waals surface area (Å²) in [6, 6.07) is 9.32. The number of pyridine rings is 1. The molecule has 1 saturated carbocycles. The van der Waals surface area contributed by atoms with Gasteiger partial charge in [0.15, 0.2) is 0 Å². The molecule has 2 heterocycles. The molecule has 1 aliphatic rings. The van der Waals surface area contributed by atoms with Gasteiger partial charge in [0.2, 0.25) is 5.88 Å². The van der Waals surface area contributed by atoms with Crippen LogP contribution in [0.25, 0.3) is 23.0 Å². The van der Waals surface area contributed by atoms with Gasteiger partial charge >= 0.3 is 0 Å². The van der Waals surface area contributed by atoms with Gasteiger partial charge in [-0.3, -0.25) is 14.2 Å². The van der Waals surface area contributed by atoms with E-state index in [1.165, 1.54) is 47.7 Å². The second kappa shape index (κ2) is 12.4. The Kier molecular flexibility index (Phi) is 8.81. The zero-order valence-electron chi connectivity index (χ0n) is 21.2. The number of rotatable bonds is 13. The highest BCUT2D eigenvalue weighted by atomic mass is 16.5. The molecular weight excluding hydrogens is 470 g/mol. The van der Waals surface area contributed by atoms with Crippen molar-refractivity contribution in [1.82, 2.24) is 25.2 Å². The molecule has 0 unspecified atom stereocenters. The van der Waals surface area contributed by atoms with Gasteiger partial charge in [0, 0.05) is 31.3 Å². The first-order valence-corrected chi connectivity index (χ1v) is 12.4. The maximum absolute atomic E-state index is 12.8. The van der Waals surface area contributed by atoms with Gasteiger partial charge in [-0.15, -0.1) is 0 Å². The molecule has 2 N–H and O–H groups in total. The maximum Gasteiger partial charge on any atom is 0.270 e. The molecule has 0 radical (unpaired) electrons. The van der Waals surface area contributed by atoms with Crippen molar-refractivity contribution < 1.29 is 14.3 Å². The van der Waals surface area contributed by atoms with E-state index < -0.39 is 11.5 Å². The summed E-state index contributed by atoms with van der Waals surface area (Å²) in [5.74, 6) is 1.02. The van der Waals surface area contributed by atoms with Crippen LogP contribution >= 0.6 is 0 Å². The van der Waals surface area contributed by atoms with E-state index in [-0.39, 0.29) is 18.1 Å². The van der Waals surface area contributed by atoms with Gasteiger partial charge < -0.3 is 20.1 Å². The summed E-state index contributed by atoms with van der Waals surface area (Å²) in [7, 11) is 1.61. The molecule has 37 heavy (non-hydrogen) atoms. The van der Waals surface area contributed by atoms with E-state index in [4.69, 9.17) is 9.47 Å². The van der Waals surface area contributed by atoms with E-state index in [2.05, 4.69) is 45.9 Å². The van der Waals surface area contributed by atoms with Crippen LogP contribution in [0.2, 0.25) is 0 Å². The predicted molar refractivity (Wildman–Crippen MR) is 144 cm³/mol. The number of carbonyl (C=O) groups excluding carboxylic acids is 1. The summed E-state index contributed by atoms with van der Waals surface area (Å²) >= 11 is 0. The molecule has 0 spiro atoms. The molecule has 9 heteroatoms. The molecule has 194 valence electrons. The van der Waals surface area contributed by atoms with Crippen LogP contribution in [0, 0.1) is 5.92 Å². The topological polar surface area (TPSA) is 107 Å². The highest BCUT2D eigenvalue weighted by Crippen LogP contribution is 2.27. The quantitative estimate of drug-likeness (QED) is 0.344. The first-order valence-electron chi connectivity index (χ1n) is 12.4. The monoisotopic (exact) mass is 503 g/mol. The number of aromatic nitrogens is 3. The van der Waals surface area contributed by atoms with Crippen LogP contribution < -0.4 is 20.9 Å². The molecule has 0 saturated heterocycles. The molecule has 1 aromatic carbocycles. The third kappa shape index (κ3) is 6.49. The van der Waals surface area contributed by atoms with E-state index in [0.717, 1.165) is 29.8 Å². The Morgan fingerprint density at radius 3 is 2.70 bits per heavy atom. The van der Waals surface area contributed by atoms with Crippen LogP contribution in [0.4, 0.5) is 0 Å². The molecule has 1 amide bonds. The van der Waals surface area contributed by atoms with Crippen LogP contribution in [0.5, 0.6) is 5.88 Å². The van der Waals surface area contributed by atoms with Crippen molar-refractivity contribution in [2.75, 3.05) is 26.9 Å². The SMILES string of the molecule is C=Cc1nc(C(=O)NCc2cc3cc(CNCC4CCC4)ccc3c(OCCOC)n2)cc(=O)n1C=C. The Labute approximate surface area is 216 Å². The number of amides is 1. The van der Waals surface area contributed by atoms with Crippen molar-refractivity contribution in [3.8, 4) is 5.88 Å². The second-order valence-electron chi connectivity index (χ2n) is 9.02. The molecule has 2 aromatic heterocycles. The van der Waals surface area contributed by atoms with Gasteiger partial charge in [-0.05, 0) is 60.5 Å². The number of carbonyl (C=O) groups is 1. The van der Waals surface area contributed by atoms with Gasteiger partial charge in [-0.1, -0.05) is 25.6 Å². The van der Waals surface area contributed by atoms with Crippen molar-refractivity contribution >= 4 is 29.0 Å². The number of fused-ring (bicyclic) bond motifs is 1. The minimum Gasteiger partial charge on any atom is -0.475 e. The van der Waals surface area contributed by atoms with E-state index in [9.17, 15) is 9.59 Å². The van der Waals surface area contributed by atoms with Gasteiger partial charge in [0.1, 0.15) is 18.1 Å². The lowest BCUT2D eigenvalue weighted by Gasteiger charge is -2.25. The summed E-state index contributed by atoms with van der Waals surface area (Å²) in [5, 5.41) is 8.21. The normalized spacial score (nSPS) is 13.2. The lowest BCUT2D eigenvalue weighted by molar-refractivity contribution is 0.0944. The molecule has 1 aliphatic carbocycles. The van der Waals surface area contributed by atoms with Crippen molar-refractivity contribution in [3.63, 3.8) is 0 Å². The van der Waals surface area contributed by atoms with Crippen molar-refractivity contribution in [1.29, 1.82) is 0 Å². The van der Waals surface area contributed by atoms with Gasteiger partial charge in [0.25, 0.3) is 11.5 Å². The van der Waals surface area contributed by atoms with Crippen molar-refractivity contribution in [2.45, 2.75) is 32.4 Å². The predicted octanol–water partition coefficient (Wildman–Crippen LogP) is 3.38. The third-order valence-corrected chi connectivity index (χ3v) is 6.43. The van der Waals surface area contributed by atoms with Crippen LogP contribution in [-0.4, -0.2) is 47.3 Å². The van der Waals surface area contributed by atoms with E-state index in [0.29, 0.717) is 24.8 Å². The summed E-state index contributed by atoms with van der Waals surface area (Å²) in [4.78, 5) is 33.9. The maximum atomic E-state index is 12.8. The second-order valence-corrected chi connectivity index (χ2v) is 9.02. The van der Waals surface area contributed by atoms with Gasteiger partial charge in [-0.2, -0.15) is 0 Å². The highest BCUT2D eigenvalue weighted by molar-refractivity contribution is 5.92. The Morgan fingerprint density at radius 2 is 2.00 bits per heavy atom. The minimum atomic E-state index is -0.492. The lowest BCUT2D eigenvalue weighted by atomic mass is 9.85. The zero-order valence-corrected chi connectivity index (χ0v) is 21.2.